The lowest BCUT2D eigenvalue weighted by atomic mass is 9.84. The molecule has 0 N–H and O–H groups in total. The van der Waals surface area contributed by atoms with Crippen LogP contribution in [0.4, 0.5) is 0 Å². The third-order valence-electron chi connectivity index (χ3n) is 16.4. The number of hydrogen-bond acceptors (Lipinski definition) is 2. The molecule has 16 rings (SSSR count). The van der Waals surface area contributed by atoms with Gasteiger partial charge in [0, 0.05) is 22.3 Å². The zero-order chi connectivity index (χ0) is 49.8. The minimum Gasteiger partial charge on any atom is -0.481 e. The van der Waals surface area contributed by atoms with Crippen molar-refractivity contribution in [3.8, 4) is 78.3 Å². The standard InChI is InChI=1S/C74H46O2/c1-3-17-47(18-4-1)67-53-21-7-11-25-57(53)69(58-26-12-8-22-54(58)67)49-35-31-45(32-36-49)51-39-41-63-65(43-51)75-73-71(63)61-29-15-16-30-62(61)72-64-42-40-52(44-66(64)76-74(72)73)46-33-37-50(38-34-46)70-59-27-13-9-23-55(59)68(48-19-5-2-6-20-48)56-24-10-14-28-60(56)70/h1-44,73-74H. The quantitative estimate of drug-likeness (QED) is 0.155. The summed E-state index contributed by atoms with van der Waals surface area (Å²) in [5.74, 6) is 1.78. The van der Waals surface area contributed by atoms with E-state index < -0.39 is 0 Å². The van der Waals surface area contributed by atoms with Crippen molar-refractivity contribution in [3.63, 3.8) is 0 Å². The molecule has 0 amide bonds. The van der Waals surface area contributed by atoms with E-state index >= 15 is 0 Å². The first-order chi connectivity index (χ1) is 37.7. The molecule has 0 bridgehead atoms. The molecule has 0 saturated carbocycles. The summed E-state index contributed by atoms with van der Waals surface area (Å²) in [6, 6.07) is 97.4. The highest BCUT2D eigenvalue weighted by molar-refractivity contribution is 6.22. The maximum absolute atomic E-state index is 7.09. The van der Waals surface area contributed by atoms with Gasteiger partial charge >= 0.3 is 0 Å². The van der Waals surface area contributed by atoms with Crippen LogP contribution in [-0.4, -0.2) is 12.2 Å². The Kier molecular flexibility index (Phi) is 9.50. The van der Waals surface area contributed by atoms with E-state index in [1.54, 1.807) is 0 Å². The third kappa shape index (κ3) is 6.47. The second kappa shape index (κ2) is 16.9. The van der Waals surface area contributed by atoms with E-state index in [9.17, 15) is 0 Å². The molecule has 3 aliphatic rings. The SMILES string of the molecule is c1ccc(-c2c3ccccc3c(-c3ccc(-c4ccc5c(c4)OC4C5=c5ccccc5=C5c6ccc(-c7ccc(-c8c9ccccc9c(-c9ccccc9)c9ccccc89)cc7)cc6OC54)cc3)c3ccccc23)cc1. The van der Waals surface area contributed by atoms with Crippen LogP contribution in [0.25, 0.3) is 121 Å². The second-order valence-corrected chi connectivity index (χ2v) is 20.4. The van der Waals surface area contributed by atoms with Gasteiger partial charge in [-0.15, -0.1) is 0 Å². The Bertz CT molecular complexity index is 4260. The summed E-state index contributed by atoms with van der Waals surface area (Å²) >= 11 is 0. The van der Waals surface area contributed by atoms with Crippen LogP contribution < -0.4 is 19.9 Å². The minimum absolute atomic E-state index is 0.286. The molecule has 354 valence electrons. The van der Waals surface area contributed by atoms with E-state index in [2.05, 4.69) is 267 Å². The zero-order valence-corrected chi connectivity index (χ0v) is 41.4. The number of ether oxygens (including phenoxy) is 2. The Balaban J connectivity index is 0.723. The molecular weight excluding hydrogens is 921 g/mol. The van der Waals surface area contributed by atoms with Gasteiger partial charge in [0.05, 0.1) is 0 Å². The summed E-state index contributed by atoms with van der Waals surface area (Å²) in [7, 11) is 0. The average Bonchev–Trinajstić information content (AvgIpc) is 4.11. The summed E-state index contributed by atoms with van der Waals surface area (Å²) in [5.41, 5.74) is 19.1. The van der Waals surface area contributed by atoms with Crippen molar-refractivity contribution in [2.75, 3.05) is 0 Å². The maximum Gasteiger partial charge on any atom is 0.166 e. The largest absolute Gasteiger partial charge is 0.481 e. The zero-order valence-electron chi connectivity index (χ0n) is 41.4. The van der Waals surface area contributed by atoms with Crippen LogP contribution in [0.15, 0.2) is 267 Å². The van der Waals surface area contributed by atoms with Crippen LogP contribution >= 0.6 is 0 Å². The first kappa shape index (κ1) is 42.7. The summed E-state index contributed by atoms with van der Waals surface area (Å²) in [6.07, 6.45) is -0.572. The number of rotatable bonds is 6. The molecule has 0 radical (unpaired) electrons. The molecule has 2 unspecified atom stereocenters. The molecule has 2 heterocycles. The Labute approximate surface area is 440 Å². The van der Waals surface area contributed by atoms with Crippen LogP contribution in [0.1, 0.15) is 11.1 Å². The van der Waals surface area contributed by atoms with Crippen LogP contribution in [0.5, 0.6) is 11.5 Å². The third-order valence-corrected chi connectivity index (χ3v) is 16.4. The highest BCUT2D eigenvalue weighted by Gasteiger charge is 2.46. The topological polar surface area (TPSA) is 18.5 Å². The van der Waals surface area contributed by atoms with Crippen LogP contribution in [0, 0.1) is 0 Å². The fraction of sp³-hybridized carbons (Fsp3) is 0.0270. The first-order valence-electron chi connectivity index (χ1n) is 26.4. The highest BCUT2D eigenvalue weighted by atomic mass is 16.5. The maximum atomic E-state index is 7.09. The smallest absolute Gasteiger partial charge is 0.166 e. The van der Waals surface area contributed by atoms with Crippen molar-refractivity contribution in [2.24, 2.45) is 0 Å². The second-order valence-electron chi connectivity index (χ2n) is 20.4. The molecule has 1 aliphatic carbocycles. The molecule has 13 aromatic rings. The summed E-state index contributed by atoms with van der Waals surface area (Å²) in [5, 5.41) is 12.4. The molecule has 2 aliphatic heterocycles. The number of hydrogen-bond donors (Lipinski definition) is 0. The molecule has 76 heavy (non-hydrogen) atoms. The molecule has 13 aromatic carbocycles. The van der Waals surface area contributed by atoms with Gasteiger partial charge in [-0.2, -0.15) is 0 Å². The predicted molar refractivity (Wildman–Crippen MR) is 315 cm³/mol. The van der Waals surface area contributed by atoms with Gasteiger partial charge in [-0.3, -0.25) is 0 Å². The van der Waals surface area contributed by atoms with Crippen molar-refractivity contribution in [2.45, 2.75) is 12.2 Å². The number of fused-ring (bicyclic) bond motifs is 12. The van der Waals surface area contributed by atoms with E-state index in [0.717, 1.165) is 44.9 Å². The van der Waals surface area contributed by atoms with Crippen molar-refractivity contribution >= 4 is 54.2 Å². The Morgan fingerprint density at radius 3 is 0.776 bits per heavy atom. The van der Waals surface area contributed by atoms with Crippen molar-refractivity contribution in [1.82, 2.24) is 0 Å². The predicted octanol–water partition coefficient (Wildman–Crippen LogP) is 17.2. The lowest BCUT2D eigenvalue weighted by molar-refractivity contribution is 0.144. The summed E-state index contributed by atoms with van der Waals surface area (Å²) in [4.78, 5) is 0. The van der Waals surface area contributed by atoms with Gasteiger partial charge in [0.2, 0.25) is 0 Å². The van der Waals surface area contributed by atoms with Gasteiger partial charge in [0.1, 0.15) is 11.5 Å². The van der Waals surface area contributed by atoms with Crippen LogP contribution in [-0.2, 0) is 0 Å². The molecular formula is C74H46O2. The average molecular weight is 967 g/mol. The van der Waals surface area contributed by atoms with E-state index in [-0.39, 0.29) is 12.2 Å². The Morgan fingerprint density at radius 1 is 0.211 bits per heavy atom. The van der Waals surface area contributed by atoms with Crippen molar-refractivity contribution in [3.05, 3.63) is 288 Å². The van der Waals surface area contributed by atoms with E-state index in [4.69, 9.17) is 9.47 Å². The fourth-order valence-corrected chi connectivity index (χ4v) is 13.1. The van der Waals surface area contributed by atoms with E-state index in [1.807, 2.05) is 0 Å². The van der Waals surface area contributed by atoms with Crippen molar-refractivity contribution < 1.29 is 9.47 Å². The lowest BCUT2D eigenvalue weighted by Crippen LogP contribution is -2.46. The molecule has 2 heteroatoms. The van der Waals surface area contributed by atoms with Gasteiger partial charge in [0.25, 0.3) is 0 Å². The molecule has 0 saturated heterocycles. The highest BCUT2D eigenvalue weighted by Crippen LogP contribution is 2.50. The summed E-state index contributed by atoms with van der Waals surface area (Å²) in [6.45, 7) is 0. The minimum atomic E-state index is -0.286. The van der Waals surface area contributed by atoms with Crippen molar-refractivity contribution in [1.29, 1.82) is 0 Å². The molecule has 2 nitrogen and oxygen atoms in total. The fourth-order valence-electron chi connectivity index (χ4n) is 13.1. The molecule has 2 atom stereocenters. The summed E-state index contributed by atoms with van der Waals surface area (Å²) < 4.78 is 14.2. The van der Waals surface area contributed by atoms with Gasteiger partial charge in [-0.25, -0.2) is 0 Å². The Hall–Kier alpha value is -9.76. The molecule has 0 fully saturated rings. The van der Waals surface area contributed by atoms with Gasteiger partial charge < -0.3 is 9.47 Å². The molecule has 0 spiro atoms. The number of benzene rings is 13. The molecule has 0 aromatic heterocycles. The Morgan fingerprint density at radius 2 is 0.461 bits per heavy atom. The lowest BCUT2D eigenvalue weighted by Gasteiger charge is -2.25. The first-order valence-corrected chi connectivity index (χ1v) is 26.4. The van der Waals surface area contributed by atoms with E-state index in [0.29, 0.717) is 0 Å². The van der Waals surface area contributed by atoms with Crippen LogP contribution in [0.2, 0.25) is 0 Å². The van der Waals surface area contributed by atoms with E-state index in [1.165, 1.54) is 109 Å². The normalized spacial score (nSPS) is 15.0. The monoisotopic (exact) mass is 966 g/mol. The van der Waals surface area contributed by atoms with Gasteiger partial charge in [-0.05, 0) is 132 Å². The van der Waals surface area contributed by atoms with Gasteiger partial charge in [-0.1, -0.05) is 255 Å². The van der Waals surface area contributed by atoms with Gasteiger partial charge in [0.15, 0.2) is 12.2 Å². The van der Waals surface area contributed by atoms with Crippen LogP contribution in [0.3, 0.4) is 0 Å².